The van der Waals surface area contributed by atoms with Gasteiger partial charge in [-0.3, -0.25) is 4.79 Å². The second-order valence-electron chi connectivity index (χ2n) is 6.55. The number of aryl methyl sites for hydroxylation is 1. The predicted molar refractivity (Wildman–Crippen MR) is 114 cm³/mol. The molecule has 0 bridgehead atoms. The molecule has 0 fully saturated rings. The van der Waals surface area contributed by atoms with E-state index >= 15 is 0 Å². The van der Waals surface area contributed by atoms with Crippen LogP contribution in [0.15, 0.2) is 71.0 Å². The quantitative estimate of drug-likeness (QED) is 0.338. The number of carbonyl (C=O) groups is 1. The van der Waals surface area contributed by atoms with Crippen LogP contribution in [0.3, 0.4) is 0 Å². The number of halogens is 1. The predicted octanol–water partition coefficient (Wildman–Crippen LogP) is 3.74. The average Bonchev–Trinajstić information content (AvgIpc) is 3.14. The normalized spacial score (nSPS) is 11.6. The van der Waals surface area contributed by atoms with Gasteiger partial charge in [0.2, 0.25) is 0 Å². The number of hydrogen-bond acceptors (Lipinski definition) is 6. The molecule has 0 aliphatic rings. The van der Waals surface area contributed by atoms with Gasteiger partial charge < -0.3 is 10.3 Å². The largest absolute Gasteiger partial charge is 0.401 e. The number of rotatable bonds is 8. The van der Waals surface area contributed by atoms with Crippen molar-refractivity contribution >= 4 is 17.5 Å². The summed E-state index contributed by atoms with van der Waals surface area (Å²) in [4.78, 5) is 12.3. The molecular formula is C22H20FN5OS. The van der Waals surface area contributed by atoms with E-state index in [0.29, 0.717) is 29.5 Å². The minimum absolute atomic E-state index is 0.0157. The summed E-state index contributed by atoms with van der Waals surface area (Å²) in [7, 11) is 0. The average molecular weight is 422 g/mol. The van der Waals surface area contributed by atoms with Crippen LogP contribution in [-0.2, 0) is 17.8 Å². The van der Waals surface area contributed by atoms with Gasteiger partial charge in [0.05, 0.1) is 11.3 Å². The first-order chi connectivity index (χ1) is 14.5. The van der Waals surface area contributed by atoms with Crippen LogP contribution < -0.4 is 5.73 Å². The summed E-state index contributed by atoms with van der Waals surface area (Å²) in [5.41, 5.74) is 7.18. The Hall–Kier alpha value is -3.44. The zero-order valence-electron chi connectivity index (χ0n) is 16.4. The minimum atomic E-state index is -0.396. The van der Waals surface area contributed by atoms with E-state index in [0.717, 1.165) is 17.3 Å². The van der Waals surface area contributed by atoms with Crippen LogP contribution in [0.25, 0.3) is 11.4 Å². The van der Waals surface area contributed by atoms with Crippen LogP contribution in [0.4, 0.5) is 4.39 Å². The molecule has 152 valence electrons. The Morgan fingerprint density at radius 2 is 1.87 bits per heavy atom. The monoisotopic (exact) mass is 421 g/mol. The van der Waals surface area contributed by atoms with E-state index in [1.807, 2.05) is 36.4 Å². The van der Waals surface area contributed by atoms with Crippen molar-refractivity contribution in [3.05, 3.63) is 77.2 Å². The zero-order valence-corrected chi connectivity index (χ0v) is 17.2. The molecule has 0 radical (unpaired) electrons. The van der Waals surface area contributed by atoms with E-state index in [9.17, 15) is 9.18 Å². The Morgan fingerprint density at radius 3 is 2.53 bits per heavy atom. The summed E-state index contributed by atoms with van der Waals surface area (Å²) in [6, 6.07) is 18.1. The summed E-state index contributed by atoms with van der Waals surface area (Å²) in [6.07, 6.45) is 0.688. The topological polar surface area (TPSA) is 97.6 Å². The number of allylic oxidation sites excluding steroid dienone is 2. The minimum Gasteiger partial charge on any atom is -0.401 e. The third kappa shape index (κ3) is 4.93. The van der Waals surface area contributed by atoms with Gasteiger partial charge in [0.15, 0.2) is 16.8 Å². The van der Waals surface area contributed by atoms with Gasteiger partial charge in [-0.25, -0.2) is 4.39 Å². The first kappa shape index (κ1) is 21.3. The Balaban J connectivity index is 1.89. The highest BCUT2D eigenvalue weighted by Crippen LogP contribution is 2.27. The molecule has 0 atom stereocenters. The lowest BCUT2D eigenvalue weighted by Crippen LogP contribution is -2.11. The molecule has 0 aliphatic carbocycles. The molecule has 1 aromatic heterocycles. The fourth-order valence-electron chi connectivity index (χ4n) is 2.90. The number of nitriles is 1. The number of benzene rings is 2. The smallest absolute Gasteiger partial charge is 0.191 e. The number of nitrogens with zero attached hydrogens (tertiary/aromatic N) is 4. The van der Waals surface area contributed by atoms with Crippen LogP contribution in [0.2, 0.25) is 0 Å². The molecule has 0 aliphatic heterocycles. The van der Waals surface area contributed by atoms with Crippen molar-refractivity contribution < 1.29 is 9.18 Å². The maximum atomic E-state index is 14.4. The lowest BCUT2D eigenvalue weighted by molar-refractivity contribution is -0.112. The summed E-state index contributed by atoms with van der Waals surface area (Å²) in [5, 5.41) is 17.9. The van der Waals surface area contributed by atoms with Crippen LogP contribution in [0.5, 0.6) is 0 Å². The molecule has 8 heteroatoms. The molecule has 2 aromatic carbocycles. The molecule has 3 aromatic rings. The van der Waals surface area contributed by atoms with Gasteiger partial charge in [-0.15, -0.1) is 10.2 Å². The van der Waals surface area contributed by atoms with Crippen molar-refractivity contribution in [3.8, 4) is 17.5 Å². The molecule has 0 spiro atoms. The first-order valence-electron chi connectivity index (χ1n) is 9.25. The van der Waals surface area contributed by atoms with E-state index in [1.54, 1.807) is 22.8 Å². The zero-order chi connectivity index (χ0) is 21.5. The highest BCUT2D eigenvalue weighted by atomic mass is 32.2. The second kappa shape index (κ2) is 9.85. The first-order valence-corrected chi connectivity index (χ1v) is 10.2. The number of hydrogen-bond donors (Lipinski definition) is 1. The molecular weight excluding hydrogens is 401 g/mol. The Morgan fingerprint density at radius 1 is 1.17 bits per heavy atom. The Bertz CT molecular complexity index is 1110. The van der Waals surface area contributed by atoms with Crippen LogP contribution in [0.1, 0.15) is 12.5 Å². The van der Waals surface area contributed by atoms with Crippen molar-refractivity contribution in [2.75, 3.05) is 5.75 Å². The third-order valence-electron chi connectivity index (χ3n) is 4.42. The van der Waals surface area contributed by atoms with Gasteiger partial charge in [0.25, 0.3) is 0 Å². The number of carbonyl (C=O) groups excluding carboxylic acids is 1. The number of aromatic nitrogens is 3. The molecule has 30 heavy (non-hydrogen) atoms. The molecule has 0 amide bonds. The van der Waals surface area contributed by atoms with Crippen LogP contribution >= 0.6 is 11.8 Å². The summed E-state index contributed by atoms with van der Waals surface area (Å²) >= 11 is 1.15. The van der Waals surface area contributed by atoms with E-state index in [4.69, 9.17) is 11.0 Å². The number of thioether (sulfide) groups is 1. The standard InChI is InChI=1S/C22H20FN5OS/c1-15(25)18(13-24)20(29)14-30-22-27-26-21(17-9-5-6-10-19(17)23)28(22)12-11-16-7-3-2-4-8-16/h2-10H,11-12,14,25H2,1H3. The van der Waals surface area contributed by atoms with Crippen LogP contribution in [-0.4, -0.2) is 26.3 Å². The fourth-order valence-corrected chi connectivity index (χ4v) is 3.73. The maximum Gasteiger partial charge on any atom is 0.191 e. The number of Topliss-reactive ketones (excluding diaryl/α,β-unsaturated/α-hetero) is 1. The summed E-state index contributed by atoms with van der Waals surface area (Å²) in [6.45, 7) is 2.02. The molecule has 1 heterocycles. The maximum absolute atomic E-state index is 14.4. The Labute approximate surface area is 178 Å². The van der Waals surface area contributed by atoms with E-state index < -0.39 is 5.82 Å². The summed E-state index contributed by atoms with van der Waals surface area (Å²) < 4.78 is 16.2. The lowest BCUT2D eigenvalue weighted by Gasteiger charge is -2.11. The fraction of sp³-hybridized carbons (Fsp3) is 0.182. The molecule has 2 N–H and O–H groups in total. The SMILES string of the molecule is CC(N)=C(C#N)C(=O)CSc1nnc(-c2ccccc2F)n1CCc1ccccc1. The van der Waals surface area contributed by atoms with Gasteiger partial charge >= 0.3 is 0 Å². The molecule has 0 saturated heterocycles. The van der Waals surface area contributed by atoms with E-state index in [2.05, 4.69) is 10.2 Å². The van der Waals surface area contributed by atoms with E-state index in [-0.39, 0.29) is 22.8 Å². The lowest BCUT2D eigenvalue weighted by atomic mass is 10.1. The Kier molecular flexibility index (Phi) is 6.99. The van der Waals surface area contributed by atoms with Crippen molar-refractivity contribution in [1.29, 1.82) is 5.26 Å². The molecule has 0 unspecified atom stereocenters. The second-order valence-corrected chi connectivity index (χ2v) is 7.50. The highest BCUT2D eigenvalue weighted by Gasteiger charge is 2.19. The van der Waals surface area contributed by atoms with Gasteiger partial charge in [-0.1, -0.05) is 54.2 Å². The van der Waals surface area contributed by atoms with Gasteiger partial charge in [0.1, 0.15) is 17.5 Å². The third-order valence-corrected chi connectivity index (χ3v) is 5.38. The van der Waals surface area contributed by atoms with Crippen molar-refractivity contribution in [2.24, 2.45) is 5.73 Å². The summed E-state index contributed by atoms with van der Waals surface area (Å²) in [5.74, 6) is -0.400. The number of ketones is 1. The van der Waals surface area contributed by atoms with Crippen molar-refractivity contribution in [1.82, 2.24) is 14.8 Å². The molecule has 3 rings (SSSR count). The molecule has 6 nitrogen and oxygen atoms in total. The van der Waals surface area contributed by atoms with Crippen molar-refractivity contribution in [2.45, 2.75) is 25.0 Å². The van der Waals surface area contributed by atoms with Gasteiger partial charge in [0, 0.05) is 12.2 Å². The van der Waals surface area contributed by atoms with Crippen molar-refractivity contribution in [3.63, 3.8) is 0 Å². The van der Waals surface area contributed by atoms with Crippen LogP contribution in [0, 0.1) is 17.1 Å². The number of nitrogens with two attached hydrogens (primary N) is 1. The highest BCUT2D eigenvalue weighted by molar-refractivity contribution is 7.99. The van der Waals surface area contributed by atoms with E-state index in [1.165, 1.54) is 13.0 Å². The van der Waals surface area contributed by atoms with Gasteiger partial charge in [-0.05, 0) is 31.0 Å². The molecule has 0 saturated carbocycles. The van der Waals surface area contributed by atoms with Gasteiger partial charge in [-0.2, -0.15) is 5.26 Å².